The molecule has 0 bridgehead atoms. The van der Waals surface area contributed by atoms with Gasteiger partial charge in [0.2, 0.25) is 5.22 Å². The Morgan fingerprint density at radius 1 is 1.45 bits per heavy atom. The second-order valence-corrected chi connectivity index (χ2v) is 4.44. The Balaban J connectivity index is 2.22. The minimum Gasteiger partial charge on any atom is -0.452 e. The van der Waals surface area contributed by atoms with Gasteiger partial charge in [0.15, 0.2) is 0 Å². The van der Waals surface area contributed by atoms with E-state index in [-0.39, 0.29) is 11.1 Å². The normalized spacial score (nSPS) is 9.75. The molecule has 3 N–H and O–H groups in total. The highest BCUT2D eigenvalue weighted by Gasteiger charge is 2.13. The van der Waals surface area contributed by atoms with Crippen molar-refractivity contribution in [2.75, 3.05) is 11.9 Å². The largest absolute Gasteiger partial charge is 0.452 e. The Kier molecular flexibility index (Phi) is 4.46. The number of anilines is 1. The van der Waals surface area contributed by atoms with Crippen molar-refractivity contribution in [3.63, 3.8) is 0 Å². The van der Waals surface area contributed by atoms with E-state index in [4.69, 9.17) is 21.8 Å². The number of aryl methyl sites for hydroxylation is 1. The Morgan fingerprint density at radius 2 is 2.25 bits per heavy atom. The fourth-order valence-electron chi connectivity index (χ4n) is 1.63. The number of nitrogens with two attached hydrogens (primary N) is 1. The van der Waals surface area contributed by atoms with Crippen molar-refractivity contribution >= 4 is 23.2 Å². The van der Waals surface area contributed by atoms with E-state index in [1.807, 2.05) is 13.0 Å². The lowest BCUT2D eigenvalue weighted by molar-refractivity contribution is 0.102. The molecule has 102 valence electrons. The van der Waals surface area contributed by atoms with Gasteiger partial charge in [0.05, 0.1) is 18.4 Å². The van der Waals surface area contributed by atoms with Crippen molar-refractivity contribution < 1.29 is 9.21 Å². The van der Waals surface area contributed by atoms with E-state index >= 15 is 0 Å². The number of amides is 1. The number of benzene rings is 1. The molecule has 2 aromatic rings. The summed E-state index contributed by atoms with van der Waals surface area (Å²) in [7, 11) is 0. The van der Waals surface area contributed by atoms with Crippen LogP contribution in [-0.2, 0) is 0 Å². The lowest BCUT2D eigenvalue weighted by Gasteiger charge is -2.06. The average molecular weight is 289 g/mol. The van der Waals surface area contributed by atoms with Crippen LogP contribution in [0.1, 0.15) is 21.5 Å². The fourth-order valence-corrected chi connectivity index (χ4v) is 1.84. The Hall–Kier alpha value is -2.22. The number of hydrogen-bond acceptors (Lipinski definition) is 3. The molecule has 5 heteroatoms. The first-order chi connectivity index (χ1) is 9.61. The summed E-state index contributed by atoms with van der Waals surface area (Å²) in [5, 5.41) is 2.81. The van der Waals surface area contributed by atoms with Gasteiger partial charge in [-0.2, -0.15) is 0 Å². The molecule has 0 fully saturated rings. The highest BCUT2D eigenvalue weighted by atomic mass is 35.5. The van der Waals surface area contributed by atoms with E-state index in [2.05, 4.69) is 17.2 Å². The lowest BCUT2D eigenvalue weighted by atomic mass is 10.1. The van der Waals surface area contributed by atoms with Gasteiger partial charge in [-0.1, -0.05) is 17.9 Å². The number of halogens is 1. The van der Waals surface area contributed by atoms with Crippen molar-refractivity contribution in [3.8, 4) is 11.8 Å². The van der Waals surface area contributed by atoms with Crippen LogP contribution < -0.4 is 11.1 Å². The quantitative estimate of drug-likeness (QED) is 0.835. The number of nitrogens with one attached hydrogen (secondary N) is 1. The average Bonchev–Trinajstić information content (AvgIpc) is 2.85. The predicted octanol–water partition coefficient (Wildman–Crippen LogP) is 2.80. The van der Waals surface area contributed by atoms with Crippen molar-refractivity contribution in [3.05, 3.63) is 52.4 Å². The Morgan fingerprint density at radius 3 is 2.90 bits per heavy atom. The van der Waals surface area contributed by atoms with Crippen molar-refractivity contribution in [1.82, 2.24) is 0 Å². The number of rotatable bonds is 2. The zero-order chi connectivity index (χ0) is 14.5. The monoisotopic (exact) mass is 288 g/mol. The van der Waals surface area contributed by atoms with Gasteiger partial charge in [0.25, 0.3) is 5.91 Å². The Labute approximate surface area is 121 Å². The zero-order valence-electron chi connectivity index (χ0n) is 10.9. The number of hydrogen-bond donors (Lipinski definition) is 2. The molecule has 1 aromatic heterocycles. The molecule has 0 aliphatic rings. The summed E-state index contributed by atoms with van der Waals surface area (Å²) >= 11 is 5.76. The number of carbonyl (C=O) groups is 1. The second kappa shape index (κ2) is 6.29. The van der Waals surface area contributed by atoms with E-state index in [9.17, 15) is 4.79 Å². The molecule has 0 saturated heterocycles. The highest BCUT2D eigenvalue weighted by molar-refractivity contribution is 6.32. The van der Waals surface area contributed by atoms with Crippen LogP contribution in [0.25, 0.3) is 0 Å². The maximum absolute atomic E-state index is 12.0. The fraction of sp³-hybridized carbons (Fsp3) is 0.133. The molecule has 0 unspecified atom stereocenters. The molecule has 0 atom stereocenters. The molecule has 1 heterocycles. The smallest absolute Gasteiger partial charge is 0.260 e. The van der Waals surface area contributed by atoms with Crippen LogP contribution >= 0.6 is 11.6 Å². The molecule has 0 radical (unpaired) electrons. The first-order valence-electron chi connectivity index (χ1n) is 5.95. The third-order valence-electron chi connectivity index (χ3n) is 2.68. The van der Waals surface area contributed by atoms with E-state index in [1.165, 1.54) is 12.3 Å². The summed E-state index contributed by atoms with van der Waals surface area (Å²) < 4.78 is 4.89. The highest BCUT2D eigenvalue weighted by Crippen LogP contribution is 2.20. The van der Waals surface area contributed by atoms with Crippen LogP contribution in [0.5, 0.6) is 0 Å². The van der Waals surface area contributed by atoms with Gasteiger partial charge >= 0.3 is 0 Å². The van der Waals surface area contributed by atoms with Gasteiger partial charge < -0.3 is 15.5 Å². The van der Waals surface area contributed by atoms with E-state index in [0.29, 0.717) is 17.8 Å². The third kappa shape index (κ3) is 3.21. The van der Waals surface area contributed by atoms with Gasteiger partial charge in [-0.15, -0.1) is 0 Å². The standard InChI is InChI=1S/C15H13ClN2O2/c1-10-4-5-12(9-11(10)3-2-7-17)18-15(19)13-6-8-20-14(13)16/h4-6,8-9H,7,17H2,1H3,(H,18,19). The van der Waals surface area contributed by atoms with E-state index in [0.717, 1.165) is 11.1 Å². The Bertz CT molecular complexity index is 695. The van der Waals surface area contributed by atoms with Gasteiger partial charge in [0, 0.05) is 11.3 Å². The summed E-state index contributed by atoms with van der Waals surface area (Å²) in [6, 6.07) is 6.99. The molecule has 0 saturated carbocycles. The summed E-state index contributed by atoms with van der Waals surface area (Å²) in [5.74, 6) is 5.42. The first-order valence-corrected chi connectivity index (χ1v) is 6.33. The third-order valence-corrected chi connectivity index (χ3v) is 2.98. The molecule has 0 spiro atoms. The molecule has 4 nitrogen and oxygen atoms in total. The molecule has 1 amide bonds. The topological polar surface area (TPSA) is 68.3 Å². The van der Waals surface area contributed by atoms with Crippen LogP contribution in [-0.4, -0.2) is 12.5 Å². The summed E-state index contributed by atoms with van der Waals surface area (Å²) in [5.41, 5.74) is 8.13. The van der Waals surface area contributed by atoms with Crippen molar-refractivity contribution in [2.45, 2.75) is 6.92 Å². The SMILES string of the molecule is Cc1ccc(NC(=O)c2ccoc2Cl)cc1C#CCN. The first kappa shape index (κ1) is 14.2. The molecular weight excluding hydrogens is 276 g/mol. The minimum absolute atomic E-state index is 0.0674. The van der Waals surface area contributed by atoms with Gasteiger partial charge in [0.1, 0.15) is 0 Å². The molecule has 0 aliphatic carbocycles. The van der Waals surface area contributed by atoms with Crippen LogP contribution in [0, 0.1) is 18.8 Å². The molecule has 20 heavy (non-hydrogen) atoms. The zero-order valence-corrected chi connectivity index (χ0v) is 11.6. The molecule has 1 aromatic carbocycles. The van der Waals surface area contributed by atoms with Gasteiger partial charge in [-0.05, 0) is 42.3 Å². The molecular formula is C15H13ClN2O2. The molecule has 2 rings (SSSR count). The van der Waals surface area contributed by atoms with Crippen molar-refractivity contribution in [2.24, 2.45) is 5.73 Å². The van der Waals surface area contributed by atoms with Crippen LogP contribution in [0.4, 0.5) is 5.69 Å². The summed E-state index contributed by atoms with van der Waals surface area (Å²) in [6.45, 7) is 2.24. The van der Waals surface area contributed by atoms with Crippen LogP contribution in [0.15, 0.2) is 34.9 Å². The van der Waals surface area contributed by atoms with Crippen LogP contribution in [0.2, 0.25) is 5.22 Å². The molecule has 0 aliphatic heterocycles. The van der Waals surface area contributed by atoms with Gasteiger partial charge in [-0.25, -0.2) is 0 Å². The number of carbonyl (C=O) groups excluding carboxylic acids is 1. The summed E-state index contributed by atoms with van der Waals surface area (Å²) in [4.78, 5) is 12.0. The maximum Gasteiger partial charge on any atom is 0.260 e. The lowest BCUT2D eigenvalue weighted by Crippen LogP contribution is -2.11. The van der Waals surface area contributed by atoms with Crippen molar-refractivity contribution in [1.29, 1.82) is 0 Å². The number of furan rings is 1. The van der Waals surface area contributed by atoms with Gasteiger partial charge in [-0.3, -0.25) is 4.79 Å². The van der Waals surface area contributed by atoms with E-state index in [1.54, 1.807) is 12.1 Å². The van der Waals surface area contributed by atoms with E-state index < -0.39 is 0 Å². The second-order valence-electron chi connectivity index (χ2n) is 4.10. The van der Waals surface area contributed by atoms with Crippen LogP contribution in [0.3, 0.4) is 0 Å². The maximum atomic E-state index is 12.0. The summed E-state index contributed by atoms with van der Waals surface area (Å²) in [6.07, 6.45) is 1.37. The minimum atomic E-state index is -0.328. The predicted molar refractivity (Wildman–Crippen MR) is 78.8 cm³/mol.